The Hall–Kier alpha value is -2.58. The molecular weight excluding hydrogens is 436 g/mol. The normalized spacial score (nSPS) is 16.1. The number of thioether (sulfide) groups is 1. The van der Waals surface area contributed by atoms with E-state index in [1.165, 1.54) is 30.2 Å². The van der Waals surface area contributed by atoms with Crippen molar-refractivity contribution >= 4 is 17.7 Å². The highest BCUT2D eigenvalue weighted by atomic mass is 32.2. The number of nitrogens with zero attached hydrogens (tertiary/aromatic N) is 2. The topological polar surface area (TPSA) is 87.3 Å². The van der Waals surface area contributed by atoms with E-state index in [2.05, 4.69) is 26.3 Å². The molecule has 2 heterocycles. The second kappa shape index (κ2) is 11.5. The van der Waals surface area contributed by atoms with Crippen molar-refractivity contribution in [2.24, 2.45) is 0 Å². The number of nitrogens with one attached hydrogen (secondary N) is 2. The summed E-state index contributed by atoms with van der Waals surface area (Å²) in [6.07, 6.45) is 8.79. The van der Waals surface area contributed by atoms with Crippen LogP contribution in [0, 0.1) is 0 Å². The van der Waals surface area contributed by atoms with Crippen molar-refractivity contribution in [3.05, 3.63) is 63.1 Å². The number of benzene rings is 1. The van der Waals surface area contributed by atoms with Crippen LogP contribution in [0.25, 0.3) is 0 Å². The molecule has 1 aliphatic carbocycles. The standard InChI is InChI=1S/C25H32N4O3S/c1-32-22-10-6-5-9-19(22)15-29-14-12-21-20(16-29)24(31)28-25(27-21)33-17-23(30)26-13-11-18-7-3-2-4-8-18/h5-7,9-10H,2-4,8,11-17H2,1H3,(H,26,30)(H,27,28,31). The van der Waals surface area contributed by atoms with Crippen molar-refractivity contribution in [2.75, 3.05) is 26.0 Å². The van der Waals surface area contributed by atoms with E-state index in [9.17, 15) is 9.59 Å². The minimum absolute atomic E-state index is 0.0280. The lowest BCUT2D eigenvalue weighted by atomic mass is 9.97. The van der Waals surface area contributed by atoms with Gasteiger partial charge >= 0.3 is 0 Å². The van der Waals surface area contributed by atoms with E-state index >= 15 is 0 Å². The number of aromatic nitrogens is 2. The number of amides is 1. The van der Waals surface area contributed by atoms with E-state index in [4.69, 9.17) is 4.74 Å². The predicted molar refractivity (Wildman–Crippen MR) is 131 cm³/mol. The van der Waals surface area contributed by atoms with Gasteiger partial charge < -0.3 is 15.0 Å². The summed E-state index contributed by atoms with van der Waals surface area (Å²) in [5, 5.41) is 3.49. The second-order valence-corrected chi connectivity index (χ2v) is 9.53. The fourth-order valence-electron chi connectivity index (χ4n) is 4.42. The van der Waals surface area contributed by atoms with Gasteiger partial charge in [0.1, 0.15) is 5.75 Å². The third kappa shape index (κ3) is 6.48. The fourth-order valence-corrected chi connectivity index (χ4v) is 5.12. The van der Waals surface area contributed by atoms with Crippen LogP contribution in [0.15, 0.2) is 45.9 Å². The molecule has 2 N–H and O–H groups in total. The lowest BCUT2D eigenvalue weighted by Crippen LogP contribution is -2.35. The van der Waals surface area contributed by atoms with Crippen molar-refractivity contribution < 1.29 is 9.53 Å². The highest BCUT2D eigenvalue weighted by Crippen LogP contribution is 2.23. The van der Waals surface area contributed by atoms with E-state index in [0.717, 1.165) is 49.4 Å². The van der Waals surface area contributed by atoms with Gasteiger partial charge in [-0.3, -0.25) is 14.5 Å². The van der Waals surface area contributed by atoms with Crippen LogP contribution in [0.2, 0.25) is 0 Å². The van der Waals surface area contributed by atoms with Gasteiger partial charge in [0.05, 0.1) is 24.1 Å². The number of aromatic amines is 1. The number of methoxy groups -OCH3 is 1. The Labute approximate surface area is 199 Å². The first-order valence-electron chi connectivity index (χ1n) is 11.7. The van der Waals surface area contributed by atoms with Crippen LogP contribution in [0.4, 0.5) is 0 Å². The molecule has 0 atom stereocenters. The molecule has 1 aromatic heterocycles. The minimum Gasteiger partial charge on any atom is -0.496 e. The molecule has 0 fully saturated rings. The zero-order valence-corrected chi connectivity index (χ0v) is 20.0. The molecule has 7 nitrogen and oxygen atoms in total. The predicted octanol–water partition coefficient (Wildman–Crippen LogP) is 3.44. The molecule has 0 saturated heterocycles. The van der Waals surface area contributed by atoms with E-state index in [1.807, 2.05) is 24.3 Å². The monoisotopic (exact) mass is 468 g/mol. The molecule has 0 unspecified atom stereocenters. The smallest absolute Gasteiger partial charge is 0.256 e. The molecular formula is C25H32N4O3S. The maximum atomic E-state index is 12.7. The van der Waals surface area contributed by atoms with Gasteiger partial charge in [-0.05, 0) is 38.2 Å². The summed E-state index contributed by atoms with van der Waals surface area (Å²) in [7, 11) is 1.67. The van der Waals surface area contributed by atoms with Gasteiger partial charge in [-0.25, -0.2) is 4.98 Å². The van der Waals surface area contributed by atoms with Crippen molar-refractivity contribution in [1.29, 1.82) is 0 Å². The number of H-pyrrole nitrogens is 1. The zero-order chi connectivity index (χ0) is 23.0. The molecule has 0 spiro atoms. The third-order valence-electron chi connectivity index (χ3n) is 6.21. The summed E-state index contributed by atoms with van der Waals surface area (Å²) in [6.45, 7) is 2.76. The minimum atomic E-state index is -0.114. The van der Waals surface area contributed by atoms with Gasteiger partial charge in [0, 0.05) is 38.2 Å². The van der Waals surface area contributed by atoms with Crippen LogP contribution >= 0.6 is 11.8 Å². The molecule has 1 aliphatic heterocycles. The number of carbonyl (C=O) groups excluding carboxylic acids is 1. The first kappa shape index (κ1) is 23.6. The van der Waals surface area contributed by atoms with Crippen LogP contribution in [-0.4, -0.2) is 46.7 Å². The number of rotatable bonds is 9. The molecule has 1 amide bonds. The number of carbonyl (C=O) groups is 1. The highest BCUT2D eigenvalue weighted by molar-refractivity contribution is 7.99. The third-order valence-corrected chi connectivity index (χ3v) is 7.08. The van der Waals surface area contributed by atoms with Crippen LogP contribution in [0.5, 0.6) is 5.75 Å². The van der Waals surface area contributed by atoms with E-state index in [0.29, 0.717) is 30.2 Å². The molecule has 0 saturated carbocycles. The molecule has 0 radical (unpaired) electrons. The van der Waals surface area contributed by atoms with Crippen molar-refractivity contribution in [3.8, 4) is 5.75 Å². The van der Waals surface area contributed by atoms with Crippen molar-refractivity contribution in [3.63, 3.8) is 0 Å². The van der Waals surface area contributed by atoms with Gasteiger partial charge in [0.25, 0.3) is 5.56 Å². The molecule has 8 heteroatoms. The number of allylic oxidation sites excluding steroid dienone is 1. The molecule has 176 valence electrons. The average Bonchev–Trinajstić information content (AvgIpc) is 2.84. The van der Waals surface area contributed by atoms with Crippen LogP contribution in [0.3, 0.4) is 0 Å². The lowest BCUT2D eigenvalue weighted by molar-refractivity contribution is -0.118. The highest BCUT2D eigenvalue weighted by Gasteiger charge is 2.22. The number of para-hydroxylation sites is 1. The van der Waals surface area contributed by atoms with E-state index in [-0.39, 0.29) is 17.2 Å². The summed E-state index contributed by atoms with van der Waals surface area (Å²) in [5.74, 6) is 1.08. The van der Waals surface area contributed by atoms with Gasteiger partial charge in [-0.2, -0.15) is 0 Å². The molecule has 0 bridgehead atoms. The Morgan fingerprint density at radius 3 is 2.97 bits per heavy atom. The summed E-state index contributed by atoms with van der Waals surface area (Å²) >= 11 is 1.29. The van der Waals surface area contributed by atoms with Crippen LogP contribution in [-0.2, 0) is 24.3 Å². The Kier molecular flexibility index (Phi) is 8.23. The Balaban J connectivity index is 1.29. The SMILES string of the molecule is COc1ccccc1CN1CCc2nc(SCC(=O)NCCC3=CCCCC3)[nH]c(=O)c2C1. The van der Waals surface area contributed by atoms with Gasteiger partial charge in [0.2, 0.25) is 5.91 Å². The zero-order valence-electron chi connectivity index (χ0n) is 19.2. The summed E-state index contributed by atoms with van der Waals surface area (Å²) < 4.78 is 5.45. The lowest BCUT2D eigenvalue weighted by Gasteiger charge is -2.28. The maximum absolute atomic E-state index is 12.7. The maximum Gasteiger partial charge on any atom is 0.256 e. The average molecular weight is 469 g/mol. The number of fused-ring (bicyclic) bond motifs is 1. The molecule has 4 rings (SSSR count). The first-order chi connectivity index (χ1) is 16.1. The van der Waals surface area contributed by atoms with Crippen molar-refractivity contribution in [2.45, 2.75) is 56.8 Å². The quantitative estimate of drug-likeness (QED) is 0.333. The first-order valence-corrected chi connectivity index (χ1v) is 12.6. The Morgan fingerprint density at radius 2 is 2.15 bits per heavy atom. The summed E-state index contributed by atoms with van der Waals surface area (Å²) in [4.78, 5) is 34.7. The summed E-state index contributed by atoms with van der Waals surface area (Å²) in [6, 6.07) is 7.95. The van der Waals surface area contributed by atoms with E-state index < -0.39 is 0 Å². The van der Waals surface area contributed by atoms with Gasteiger partial charge in [0.15, 0.2) is 5.16 Å². The van der Waals surface area contributed by atoms with Crippen LogP contribution < -0.4 is 15.6 Å². The molecule has 2 aliphatic rings. The van der Waals surface area contributed by atoms with Gasteiger partial charge in [-0.15, -0.1) is 0 Å². The summed E-state index contributed by atoms with van der Waals surface area (Å²) in [5.41, 5.74) is 3.99. The number of hydrogen-bond acceptors (Lipinski definition) is 6. The molecule has 1 aromatic carbocycles. The van der Waals surface area contributed by atoms with Crippen molar-refractivity contribution in [1.82, 2.24) is 20.2 Å². The Bertz CT molecular complexity index is 1070. The number of ether oxygens (including phenoxy) is 1. The second-order valence-electron chi connectivity index (χ2n) is 8.57. The van der Waals surface area contributed by atoms with E-state index in [1.54, 1.807) is 7.11 Å². The number of hydrogen-bond donors (Lipinski definition) is 2. The fraction of sp³-hybridized carbons (Fsp3) is 0.480. The molecule has 2 aromatic rings. The van der Waals surface area contributed by atoms with Crippen LogP contribution in [0.1, 0.15) is 48.9 Å². The molecule has 33 heavy (non-hydrogen) atoms. The van der Waals surface area contributed by atoms with Gasteiger partial charge in [-0.1, -0.05) is 41.6 Å². The Morgan fingerprint density at radius 1 is 1.27 bits per heavy atom. The largest absolute Gasteiger partial charge is 0.496 e.